The number of hydrogen-bond acceptors (Lipinski definition) is 4. The van der Waals surface area contributed by atoms with Gasteiger partial charge in [0, 0.05) is 32.0 Å². The minimum absolute atomic E-state index is 0.640. The molecule has 0 saturated carbocycles. The number of nitrogens with zero attached hydrogens (tertiary/aromatic N) is 1. The molecule has 0 fully saturated rings. The van der Waals surface area contributed by atoms with Crippen LogP contribution in [0.5, 0.6) is 5.88 Å². The number of ether oxygens (including phenoxy) is 2. The van der Waals surface area contributed by atoms with Gasteiger partial charge in [-0.1, -0.05) is 30.3 Å². The highest BCUT2D eigenvalue weighted by Crippen LogP contribution is 2.11. The zero-order chi connectivity index (χ0) is 14.9. The van der Waals surface area contributed by atoms with Crippen molar-refractivity contribution in [3.8, 4) is 5.88 Å². The second-order valence-corrected chi connectivity index (χ2v) is 4.72. The van der Waals surface area contributed by atoms with Gasteiger partial charge >= 0.3 is 0 Å². The molecule has 21 heavy (non-hydrogen) atoms. The predicted molar refractivity (Wildman–Crippen MR) is 83.1 cm³/mol. The second-order valence-electron chi connectivity index (χ2n) is 4.72. The number of benzene rings is 1. The highest BCUT2D eigenvalue weighted by Gasteiger charge is 2.02. The van der Waals surface area contributed by atoms with Crippen LogP contribution in [0.3, 0.4) is 0 Å². The van der Waals surface area contributed by atoms with Crippen LogP contribution < -0.4 is 10.1 Å². The first-order chi connectivity index (χ1) is 10.3. The molecule has 0 atom stereocenters. The van der Waals surface area contributed by atoms with Crippen LogP contribution in [0.2, 0.25) is 0 Å². The molecule has 0 aliphatic rings. The maximum absolute atomic E-state index is 5.50. The quantitative estimate of drug-likeness (QED) is 0.810. The van der Waals surface area contributed by atoms with E-state index < -0.39 is 0 Å². The van der Waals surface area contributed by atoms with Crippen LogP contribution in [-0.2, 0) is 24.4 Å². The van der Waals surface area contributed by atoms with E-state index in [-0.39, 0.29) is 0 Å². The standard InChI is InChI=1S/C17H22N2O2/c1-3-21-13-16-7-5-4-6-15(16)12-18-10-14-8-9-17(20-2)19-11-14/h4-9,11,18H,3,10,12-13H2,1-2H3. The topological polar surface area (TPSA) is 43.4 Å². The summed E-state index contributed by atoms with van der Waals surface area (Å²) in [7, 11) is 1.62. The molecule has 1 heterocycles. The lowest BCUT2D eigenvalue weighted by atomic mass is 10.1. The number of aromatic nitrogens is 1. The minimum atomic E-state index is 0.640. The van der Waals surface area contributed by atoms with Gasteiger partial charge in [-0.3, -0.25) is 0 Å². The van der Waals surface area contributed by atoms with Crippen molar-refractivity contribution in [3.63, 3.8) is 0 Å². The van der Waals surface area contributed by atoms with Gasteiger partial charge in [-0.25, -0.2) is 4.98 Å². The largest absolute Gasteiger partial charge is 0.481 e. The molecule has 1 N–H and O–H groups in total. The van der Waals surface area contributed by atoms with Crippen molar-refractivity contribution in [1.82, 2.24) is 10.3 Å². The maximum Gasteiger partial charge on any atom is 0.212 e. The molecule has 4 nitrogen and oxygen atoms in total. The molecular formula is C17H22N2O2. The number of rotatable bonds is 8. The fourth-order valence-electron chi connectivity index (χ4n) is 2.06. The van der Waals surface area contributed by atoms with Crippen LogP contribution in [0.4, 0.5) is 0 Å². The molecule has 0 radical (unpaired) electrons. The molecule has 2 rings (SSSR count). The fraction of sp³-hybridized carbons (Fsp3) is 0.353. The monoisotopic (exact) mass is 286 g/mol. The molecule has 0 amide bonds. The van der Waals surface area contributed by atoms with Gasteiger partial charge in [0.2, 0.25) is 5.88 Å². The van der Waals surface area contributed by atoms with E-state index in [9.17, 15) is 0 Å². The van der Waals surface area contributed by atoms with E-state index in [0.29, 0.717) is 12.5 Å². The summed E-state index contributed by atoms with van der Waals surface area (Å²) in [6.45, 7) is 5.00. The van der Waals surface area contributed by atoms with E-state index in [1.807, 2.05) is 31.3 Å². The molecule has 0 unspecified atom stereocenters. The van der Waals surface area contributed by atoms with E-state index in [4.69, 9.17) is 9.47 Å². The molecular weight excluding hydrogens is 264 g/mol. The number of nitrogens with one attached hydrogen (secondary N) is 1. The Kier molecular flexibility index (Phi) is 6.19. The first kappa shape index (κ1) is 15.5. The van der Waals surface area contributed by atoms with Crippen LogP contribution in [0.1, 0.15) is 23.6 Å². The molecule has 0 aliphatic carbocycles. The number of pyridine rings is 1. The van der Waals surface area contributed by atoms with Crippen LogP contribution >= 0.6 is 0 Å². The molecule has 4 heteroatoms. The van der Waals surface area contributed by atoms with Gasteiger partial charge in [0.25, 0.3) is 0 Å². The summed E-state index contributed by atoms with van der Waals surface area (Å²) < 4.78 is 10.5. The van der Waals surface area contributed by atoms with Crippen LogP contribution in [0.15, 0.2) is 42.6 Å². The normalized spacial score (nSPS) is 10.6. The van der Waals surface area contributed by atoms with E-state index in [1.165, 1.54) is 11.1 Å². The molecule has 0 aliphatic heterocycles. The molecule has 1 aromatic heterocycles. The summed E-state index contributed by atoms with van der Waals surface area (Å²) in [5.41, 5.74) is 3.64. The van der Waals surface area contributed by atoms with Gasteiger partial charge in [0.15, 0.2) is 0 Å². The summed E-state index contributed by atoms with van der Waals surface area (Å²) in [5, 5.41) is 3.44. The van der Waals surface area contributed by atoms with Crippen molar-refractivity contribution in [2.75, 3.05) is 13.7 Å². The van der Waals surface area contributed by atoms with E-state index in [0.717, 1.165) is 25.3 Å². The lowest BCUT2D eigenvalue weighted by Crippen LogP contribution is -2.14. The van der Waals surface area contributed by atoms with Crippen molar-refractivity contribution < 1.29 is 9.47 Å². The van der Waals surface area contributed by atoms with Crippen LogP contribution in [0, 0.1) is 0 Å². The first-order valence-corrected chi connectivity index (χ1v) is 7.17. The Labute approximate surface area is 126 Å². The van der Waals surface area contributed by atoms with Crippen molar-refractivity contribution in [2.24, 2.45) is 0 Å². The smallest absolute Gasteiger partial charge is 0.212 e. The van der Waals surface area contributed by atoms with Crippen molar-refractivity contribution in [3.05, 3.63) is 59.3 Å². The third-order valence-corrected chi connectivity index (χ3v) is 3.23. The lowest BCUT2D eigenvalue weighted by Gasteiger charge is -2.11. The molecule has 112 valence electrons. The Balaban J connectivity index is 1.87. The molecule has 1 aromatic carbocycles. The molecule has 0 spiro atoms. The van der Waals surface area contributed by atoms with Gasteiger partial charge in [0.05, 0.1) is 13.7 Å². The number of hydrogen-bond donors (Lipinski definition) is 1. The maximum atomic E-state index is 5.50. The van der Waals surface area contributed by atoms with Crippen molar-refractivity contribution in [2.45, 2.75) is 26.6 Å². The van der Waals surface area contributed by atoms with E-state index in [2.05, 4.69) is 28.5 Å². The summed E-state index contributed by atoms with van der Waals surface area (Å²) in [4.78, 5) is 4.20. The third-order valence-electron chi connectivity index (χ3n) is 3.23. The average molecular weight is 286 g/mol. The van der Waals surface area contributed by atoms with Gasteiger partial charge in [-0.2, -0.15) is 0 Å². The summed E-state index contributed by atoms with van der Waals surface area (Å²) in [5.74, 6) is 0.640. The van der Waals surface area contributed by atoms with E-state index in [1.54, 1.807) is 7.11 Å². The number of methoxy groups -OCH3 is 1. The predicted octanol–water partition coefficient (Wildman–Crippen LogP) is 2.92. The zero-order valence-corrected chi connectivity index (χ0v) is 12.6. The average Bonchev–Trinajstić information content (AvgIpc) is 2.54. The highest BCUT2D eigenvalue weighted by molar-refractivity contribution is 5.26. The van der Waals surface area contributed by atoms with Crippen LogP contribution in [0.25, 0.3) is 0 Å². The van der Waals surface area contributed by atoms with Crippen molar-refractivity contribution >= 4 is 0 Å². The highest BCUT2D eigenvalue weighted by atomic mass is 16.5. The minimum Gasteiger partial charge on any atom is -0.481 e. The summed E-state index contributed by atoms with van der Waals surface area (Å²) >= 11 is 0. The Morgan fingerprint density at radius 2 is 1.86 bits per heavy atom. The second kappa shape index (κ2) is 8.39. The first-order valence-electron chi connectivity index (χ1n) is 7.17. The van der Waals surface area contributed by atoms with Gasteiger partial charge in [0.1, 0.15) is 0 Å². The van der Waals surface area contributed by atoms with Gasteiger partial charge in [-0.05, 0) is 23.6 Å². The van der Waals surface area contributed by atoms with Gasteiger partial charge in [-0.15, -0.1) is 0 Å². The summed E-state index contributed by atoms with van der Waals surface area (Å²) in [6.07, 6.45) is 1.83. The Bertz CT molecular complexity index is 541. The van der Waals surface area contributed by atoms with E-state index >= 15 is 0 Å². The SMILES string of the molecule is CCOCc1ccccc1CNCc1ccc(OC)nc1. The lowest BCUT2D eigenvalue weighted by molar-refractivity contribution is 0.133. The molecule has 0 bridgehead atoms. The third kappa shape index (κ3) is 4.85. The van der Waals surface area contributed by atoms with Crippen molar-refractivity contribution in [1.29, 1.82) is 0 Å². The Morgan fingerprint density at radius 3 is 2.52 bits per heavy atom. The molecule has 2 aromatic rings. The summed E-state index contributed by atoms with van der Waals surface area (Å²) in [6, 6.07) is 12.2. The van der Waals surface area contributed by atoms with Crippen LogP contribution in [-0.4, -0.2) is 18.7 Å². The van der Waals surface area contributed by atoms with Gasteiger partial charge < -0.3 is 14.8 Å². The fourth-order valence-corrected chi connectivity index (χ4v) is 2.06. The Hall–Kier alpha value is -1.91. The zero-order valence-electron chi connectivity index (χ0n) is 12.6. The molecule has 0 saturated heterocycles. The Morgan fingerprint density at radius 1 is 1.05 bits per heavy atom.